The van der Waals surface area contributed by atoms with E-state index in [1.165, 1.54) is 0 Å². The molecule has 1 rings (SSSR count). The van der Waals surface area contributed by atoms with Crippen molar-refractivity contribution in [3.63, 3.8) is 0 Å². The Balaban J connectivity index is 2.51. The molecule has 0 bridgehead atoms. The van der Waals surface area contributed by atoms with Crippen molar-refractivity contribution in [1.29, 1.82) is 0 Å². The van der Waals surface area contributed by atoms with Crippen molar-refractivity contribution >= 4 is 17.4 Å². The van der Waals surface area contributed by atoms with Gasteiger partial charge in [-0.2, -0.15) is 0 Å². The molecule has 0 amide bonds. The SMILES string of the molecule is CC1CC(=O)C(Cl)C1. The average molecular weight is 133 g/mol. The van der Waals surface area contributed by atoms with Gasteiger partial charge in [0, 0.05) is 6.42 Å². The molecule has 0 saturated heterocycles. The van der Waals surface area contributed by atoms with Crippen molar-refractivity contribution in [3.05, 3.63) is 0 Å². The van der Waals surface area contributed by atoms with Crippen LogP contribution in [0.3, 0.4) is 0 Å². The Hall–Kier alpha value is -0.0400. The quantitative estimate of drug-likeness (QED) is 0.458. The van der Waals surface area contributed by atoms with E-state index in [0.29, 0.717) is 12.3 Å². The first kappa shape index (κ1) is 6.09. The Bertz CT molecular complexity index is 111. The van der Waals surface area contributed by atoms with Crippen molar-refractivity contribution < 1.29 is 4.79 Å². The number of hydrogen-bond acceptors (Lipinski definition) is 1. The maximum Gasteiger partial charge on any atom is 0.150 e. The van der Waals surface area contributed by atoms with E-state index < -0.39 is 0 Å². The number of rotatable bonds is 0. The lowest BCUT2D eigenvalue weighted by molar-refractivity contribution is -0.117. The third kappa shape index (κ3) is 1.03. The lowest BCUT2D eigenvalue weighted by atomic mass is 10.1. The van der Waals surface area contributed by atoms with Crippen LogP contribution in [0.1, 0.15) is 19.8 Å². The third-order valence-corrected chi connectivity index (χ3v) is 1.93. The van der Waals surface area contributed by atoms with Crippen molar-refractivity contribution in [2.75, 3.05) is 0 Å². The molecule has 2 unspecified atom stereocenters. The summed E-state index contributed by atoms with van der Waals surface area (Å²) in [5, 5.41) is -0.176. The lowest BCUT2D eigenvalue weighted by Crippen LogP contribution is -2.02. The van der Waals surface area contributed by atoms with Crippen LogP contribution in [0.15, 0.2) is 0 Å². The van der Waals surface area contributed by atoms with Gasteiger partial charge < -0.3 is 0 Å². The Morgan fingerprint density at radius 3 is 2.50 bits per heavy atom. The third-order valence-electron chi connectivity index (χ3n) is 1.51. The largest absolute Gasteiger partial charge is 0.298 e. The summed E-state index contributed by atoms with van der Waals surface area (Å²) in [7, 11) is 0. The lowest BCUT2D eigenvalue weighted by Gasteiger charge is -1.92. The molecular weight excluding hydrogens is 124 g/mol. The van der Waals surface area contributed by atoms with Gasteiger partial charge in [0.25, 0.3) is 0 Å². The zero-order valence-corrected chi connectivity index (χ0v) is 5.61. The van der Waals surface area contributed by atoms with Gasteiger partial charge in [-0.15, -0.1) is 11.6 Å². The van der Waals surface area contributed by atoms with E-state index in [9.17, 15) is 4.79 Å². The predicted molar refractivity (Wildman–Crippen MR) is 33.0 cm³/mol. The van der Waals surface area contributed by atoms with Gasteiger partial charge in [0.2, 0.25) is 0 Å². The van der Waals surface area contributed by atoms with Gasteiger partial charge in [-0.1, -0.05) is 6.92 Å². The first-order valence-corrected chi connectivity index (χ1v) is 3.30. The molecule has 0 radical (unpaired) electrons. The van der Waals surface area contributed by atoms with Gasteiger partial charge in [-0.25, -0.2) is 0 Å². The number of hydrogen-bond donors (Lipinski definition) is 0. The highest BCUT2D eigenvalue weighted by atomic mass is 35.5. The number of alkyl halides is 1. The monoisotopic (exact) mass is 132 g/mol. The molecule has 1 nitrogen and oxygen atoms in total. The van der Waals surface area contributed by atoms with Crippen LogP contribution in [0, 0.1) is 5.92 Å². The normalized spacial score (nSPS) is 38.5. The van der Waals surface area contributed by atoms with Crippen LogP contribution in [0.2, 0.25) is 0 Å². The summed E-state index contributed by atoms with van der Waals surface area (Å²) >= 11 is 5.61. The topological polar surface area (TPSA) is 17.1 Å². The summed E-state index contributed by atoms with van der Waals surface area (Å²) in [6.45, 7) is 2.06. The Morgan fingerprint density at radius 1 is 1.75 bits per heavy atom. The molecule has 2 heteroatoms. The number of Topliss-reactive ketones (excluding diaryl/α,β-unsaturated/α-hetero) is 1. The van der Waals surface area contributed by atoms with Crippen LogP contribution in [0.4, 0.5) is 0 Å². The van der Waals surface area contributed by atoms with Crippen LogP contribution in [-0.4, -0.2) is 11.2 Å². The van der Waals surface area contributed by atoms with Gasteiger partial charge in [0.15, 0.2) is 5.78 Å². The fraction of sp³-hybridized carbons (Fsp3) is 0.833. The van der Waals surface area contributed by atoms with Gasteiger partial charge in [-0.05, 0) is 12.3 Å². The molecule has 0 spiro atoms. The fourth-order valence-electron chi connectivity index (χ4n) is 1.04. The van der Waals surface area contributed by atoms with Gasteiger partial charge in [0.1, 0.15) is 0 Å². The molecule has 0 aromatic rings. The standard InChI is InChI=1S/C6H9ClO/c1-4-2-5(7)6(8)3-4/h4-5H,2-3H2,1H3. The first-order valence-electron chi connectivity index (χ1n) is 2.87. The van der Waals surface area contributed by atoms with Crippen molar-refractivity contribution in [2.45, 2.75) is 25.1 Å². The van der Waals surface area contributed by atoms with E-state index in [1.807, 2.05) is 0 Å². The zero-order valence-electron chi connectivity index (χ0n) is 4.86. The summed E-state index contributed by atoms with van der Waals surface area (Å²) in [5.74, 6) is 0.740. The maximum atomic E-state index is 10.7. The zero-order chi connectivity index (χ0) is 6.15. The summed E-state index contributed by atoms with van der Waals surface area (Å²) in [5.41, 5.74) is 0. The molecule has 0 aromatic carbocycles. The molecule has 1 saturated carbocycles. The minimum atomic E-state index is -0.176. The van der Waals surface area contributed by atoms with Gasteiger partial charge in [-0.3, -0.25) is 4.79 Å². The maximum absolute atomic E-state index is 10.7. The second-order valence-corrected chi connectivity index (χ2v) is 3.01. The van der Waals surface area contributed by atoms with Crippen LogP contribution in [0.25, 0.3) is 0 Å². The predicted octanol–water partition coefficient (Wildman–Crippen LogP) is 1.59. The molecule has 1 aliphatic rings. The van der Waals surface area contributed by atoms with E-state index in [0.717, 1.165) is 6.42 Å². The minimum Gasteiger partial charge on any atom is -0.298 e. The van der Waals surface area contributed by atoms with Crippen molar-refractivity contribution in [2.24, 2.45) is 5.92 Å². The Kier molecular flexibility index (Phi) is 1.57. The van der Waals surface area contributed by atoms with E-state index in [1.54, 1.807) is 0 Å². The second kappa shape index (κ2) is 2.06. The number of carbonyl (C=O) groups excluding carboxylic acids is 1. The number of halogens is 1. The Morgan fingerprint density at radius 2 is 2.38 bits per heavy atom. The summed E-state index contributed by atoms with van der Waals surface area (Å²) in [6.07, 6.45) is 1.56. The molecule has 46 valence electrons. The molecule has 2 atom stereocenters. The highest BCUT2D eigenvalue weighted by Gasteiger charge is 2.27. The average Bonchev–Trinajstić information content (AvgIpc) is 1.85. The second-order valence-electron chi connectivity index (χ2n) is 2.48. The summed E-state index contributed by atoms with van der Waals surface area (Å²) in [6, 6.07) is 0. The van der Waals surface area contributed by atoms with Crippen LogP contribution in [-0.2, 0) is 4.79 Å². The molecule has 0 heterocycles. The number of ketones is 1. The number of carbonyl (C=O) groups is 1. The Labute approximate surface area is 54.0 Å². The molecule has 0 aromatic heterocycles. The molecular formula is C6H9ClO. The molecule has 1 aliphatic carbocycles. The highest BCUT2D eigenvalue weighted by Crippen LogP contribution is 2.25. The molecule has 0 N–H and O–H groups in total. The van der Waals surface area contributed by atoms with Gasteiger partial charge in [0.05, 0.1) is 5.38 Å². The smallest absolute Gasteiger partial charge is 0.150 e. The van der Waals surface area contributed by atoms with E-state index in [2.05, 4.69) is 6.92 Å². The fourth-order valence-corrected chi connectivity index (χ4v) is 1.43. The van der Waals surface area contributed by atoms with Crippen molar-refractivity contribution in [1.82, 2.24) is 0 Å². The van der Waals surface area contributed by atoms with Crippen LogP contribution in [0.5, 0.6) is 0 Å². The van der Waals surface area contributed by atoms with Crippen LogP contribution < -0.4 is 0 Å². The molecule has 1 fully saturated rings. The molecule has 0 aliphatic heterocycles. The van der Waals surface area contributed by atoms with Crippen LogP contribution >= 0.6 is 11.6 Å². The summed E-state index contributed by atoms with van der Waals surface area (Å²) in [4.78, 5) is 10.7. The highest BCUT2D eigenvalue weighted by molar-refractivity contribution is 6.31. The minimum absolute atomic E-state index is 0.176. The van der Waals surface area contributed by atoms with E-state index in [-0.39, 0.29) is 11.2 Å². The van der Waals surface area contributed by atoms with E-state index >= 15 is 0 Å². The summed E-state index contributed by atoms with van der Waals surface area (Å²) < 4.78 is 0. The van der Waals surface area contributed by atoms with Crippen molar-refractivity contribution in [3.8, 4) is 0 Å². The first-order chi connectivity index (χ1) is 3.70. The molecule has 8 heavy (non-hydrogen) atoms. The van der Waals surface area contributed by atoms with E-state index in [4.69, 9.17) is 11.6 Å². The van der Waals surface area contributed by atoms with Gasteiger partial charge >= 0.3 is 0 Å².